The van der Waals surface area contributed by atoms with Crippen LogP contribution in [-0.4, -0.2) is 53.9 Å². The van der Waals surface area contributed by atoms with Crippen LogP contribution in [0.3, 0.4) is 0 Å². The molecule has 3 aromatic carbocycles. The first-order valence-electron chi connectivity index (χ1n) is 11.3. The Balaban J connectivity index is 1.28. The summed E-state index contributed by atoms with van der Waals surface area (Å²) in [4.78, 5) is 29.4. The number of nitrogens with zero attached hydrogens (tertiary/aromatic N) is 4. The molecule has 0 atom stereocenters. The van der Waals surface area contributed by atoms with Crippen molar-refractivity contribution in [2.45, 2.75) is 6.54 Å². The molecule has 7 nitrogen and oxygen atoms in total. The van der Waals surface area contributed by atoms with Crippen LogP contribution in [0.2, 0.25) is 0 Å². The van der Waals surface area contributed by atoms with Crippen molar-refractivity contribution in [1.29, 1.82) is 0 Å². The van der Waals surface area contributed by atoms with Gasteiger partial charge < -0.3 is 14.5 Å². The van der Waals surface area contributed by atoms with E-state index in [4.69, 9.17) is 4.74 Å². The summed E-state index contributed by atoms with van der Waals surface area (Å²) in [5.74, 6) is 0.711. The molecule has 172 valence electrons. The first-order chi connectivity index (χ1) is 16.6. The summed E-state index contributed by atoms with van der Waals surface area (Å²) in [6, 6.07) is 25.3. The van der Waals surface area contributed by atoms with Crippen molar-refractivity contribution in [2.24, 2.45) is 0 Å². The van der Waals surface area contributed by atoms with Gasteiger partial charge in [-0.15, -0.1) is 0 Å². The van der Waals surface area contributed by atoms with Crippen molar-refractivity contribution in [3.05, 3.63) is 89.2 Å². The SMILES string of the molecule is COc1cccc(N2CCN(C(=O)Cn3nc(-c4ccc5ccccc5c4)ccc3=O)CC2)c1. The van der Waals surface area contributed by atoms with Crippen LogP contribution in [0.5, 0.6) is 5.75 Å². The number of piperazine rings is 1. The molecule has 1 aromatic heterocycles. The van der Waals surface area contributed by atoms with Crippen LogP contribution in [0.25, 0.3) is 22.0 Å². The third-order valence-electron chi connectivity index (χ3n) is 6.25. The molecule has 5 rings (SSSR count). The first kappa shape index (κ1) is 21.7. The van der Waals surface area contributed by atoms with Crippen LogP contribution in [0.15, 0.2) is 83.7 Å². The Kier molecular flexibility index (Phi) is 5.99. The average Bonchev–Trinajstić information content (AvgIpc) is 2.89. The molecule has 2 heterocycles. The summed E-state index contributed by atoms with van der Waals surface area (Å²) in [7, 11) is 1.65. The Hall–Kier alpha value is -4.13. The third-order valence-corrected chi connectivity index (χ3v) is 6.25. The Morgan fingerprint density at radius 3 is 2.47 bits per heavy atom. The van der Waals surface area contributed by atoms with E-state index in [1.165, 1.54) is 10.7 Å². The van der Waals surface area contributed by atoms with E-state index in [1.54, 1.807) is 18.1 Å². The summed E-state index contributed by atoms with van der Waals surface area (Å²) >= 11 is 0. The summed E-state index contributed by atoms with van der Waals surface area (Å²) in [6.07, 6.45) is 0. The number of methoxy groups -OCH3 is 1. The second-order valence-electron chi connectivity index (χ2n) is 8.35. The number of carbonyl (C=O) groups is 1. The van der Waals surface area contributed by atoms with Crippen LogP contribution in [0, 0.1) is 0 Å². The highest BCUT2D eigenvalue weighted by molar-refractivity contribution is 5.86. The van der Waals surface area contributed by atoms with Gasteiger partial charge >= 0.3 is 0 Å². The maximum Gasteiger partial charge on any atom is 0.267 e. The summed E-state index contributed by atoms with van der Waals surface area (Å²) in [5.41, 5.74) is 2.37. The average molecular weight is 455 g/mol. The van der Waals surface area contributed by atoms with Gasteiger partial charge in [0.05, 0.1) is 12.8 Å². The minimum Gasteiger partial charge on any atom is -0.497 e. The highest BCUT2D eigenvalue weighted by Crippen LogP contribution is 2.23. The maximum atomic E-state index is 13.0. The smallest absolute Gasteiger partial charge is 0.267 e. The van der Waals surface area contributed by atoms with Gasteiger partial charge in [0.25, 0.3) is 5.56 Å². The molecular formula is C27H26N4O3. The topological polar surface area (TPSA) is 67.7 Å². The summed E-state index contributed by atoms with van der Waals surface area (Å²) < 4.78 is 6.58. The lowest BCUT2D eigenvalue weighted by Crippen LogP contribution is -2.50. The highest BCUT2D eigenvalue weighted by atomic mass is 16.5. The number of hydrogen-bond donors (Lipinski definition) is 0. The normalized spacial score (nSPS) is 13.8. The lowest BCUT2D eigenvalue weighted by molar-refractivity contribution is -0.132. The number of anilines is 1. The Labute approximate surface area is 197 Å². The first-order valence-corrected chi connectivity index (χ1v) is 11.3. The van der Waals surface area contributed by atoms with Gasteiger partial charge in [-0.2, -0.15) is 5.10 Å². The van der Waals surface area contributed by atoms with Gasteiger partial charge in [0.2, 0.25) is 5.91 Å². The number of hydrogen-bond acceptors (Lipinski definition) is 5. The molecule has 0 saturated carbocycles. The number of ether oxygens (including phenoxy) is 1. The monoisotopic (exact) mass is 454 g/mol. The van der Waals surface area contributed by atoms with Crippen molar-refractivity contribution in [3.63, 3.8) is 0 Å². The van der Waals surface area contributed by atoms with Crippen LogP contribution in [-0.2, 0) is 11.3 Å². The van der Waals surface area contributed by atoms with Gasteiger partial charge in [0.1, 0.15) is 12.3 Å². The van der Waals surface area contributed by atoms with E-state index < -0.39 is 0 Å². The van der Waals surface area contributed by atoms with E-state index in [0.717, 1.165) is 40.9 Å². The van der Waals surface area contributed by atoms with Gasteiger partial charge in [-0.25, -0.2) is 4.68 Å². The molecular weight excluding hydrogens is 428 g/mol. The standard InChI is InChI=1S/C27H26N4O3/c1-34-24-8-4-7-23(18-24)29-13-15-30(16-14-29)27(33)19-31-26(32)12-11-25(28-31)22-10-9-20-5-2-3-6-21(20)17-22/h2-12,17-18H,13-16,19H2,1H3. The highest BCUT2D eigenvalue weighted by Gasteiger charge is 2.22. The van der Waals surface area contributed by atoms with Crippen LogP contribution in [0.1, 0.15) is 0 Å². The van der Waals surface area contributed by atoms with E-state index in [1.807, 2.05) is 60.7 Å². The largest absolute Gasteiger partial charge is 0.497 e. The molecule has 7 heteroatoms. The van der Waals surface area contributed by atoms with Gasteiger partial charge in [-0.3, -0.25) is 9.59 Å². The second-order valence-corrected chi connectivity index (χ2v) is 8.35. The van der Waals surface area contributed by atoms with Crippen LogP contribution < -0.4 is 15.2 Å². The summed E-state index contributed by atoms with van der Waals surface area (Å²) in [5, 5.41) is 6.74. The van der Waals surface area contributed by atoms with E-state index >= 15 is 0 Å². The van der Waals surface area contributed by atoms with Crippen LogP contribution in [0.4, 0.5) is 5.69 Å². The molecule has 34 heavy (non-hydrogen) atoms. The zero-order valence-corrected chi connectivity index (χ0v) is 19.1. The minimum absolute atomic E-state index is 0.0700. The fraction of sp³-hybridized carbons (Fsp3) is 0.222. The predicted molar refractivity (Wildman–Crippen MR) is 133 cm³/mol. The molecule has 1 fully saturated rings. The number of rotatable bonds is 5. The molecule has 4 aromatic rings. The molecule has 1 saturated heterocycles. The Morgan fingerprint density at radius 1 is 0.882 bits per heavy atom. The summed E-state index contributed by atoms with van der Waals surface area (Å²) in [6.45, 7) is 2.56. The number of aromatic nitrogens is 2. The van der Waals surface area contributed by atoms with Gasteiger partial charge in [0.15, 0.2) is 0 Å². The van der Waals surface area contributed by atoms with Crippen molar-refractivity contribution >= 4 is 22.4 Å². The van der Waals surface area contributed by atoms with Crippen molar-refractivity contribution in [1.82, 2.24) is 14.7 Å². The van der Waals surface area contributed by atoms with Gasteiger partial charge in [-0.05, 0) is 35.0 Å². The lowest BCUT2D eigenvalue weighted by atomic mass is 10.1. The molecule has 0 bridgehead atoms. The lowest BCUT2D eigenvalue weighted by Gasteiger charge is -2.36. The predicted octanol–water partition coefficient (Wildman–Crippen LogP) is 3.42. The fourth-order valence-electron chi connectivity index (χ4n) is 4.31. The molecule has 0 N–H and O–H groups in total. The fourth-order valence-corrected chi connectivity index (χ4v) is 4.31. The Bertz CT molecular complexity index is 1390. The number of benzene rings is 3. The van der Waals surface area contributed by atoms with Crippen molar-refractivity contribution < 1.29 is 9.53 Å². The van der Waals surface area contributed by atoms with Gasteiger partial charge in [0, 0.05) is 49.6 Å². The molecule has 1 aliphatic heterocycles. The van der Waals surface area contributed by atoms with E-state index in [2.05, 4.69) is 16.1 Å². The molecule has 0 aliphatic carbocycles. The molecule has 0 radical (unpaired) electrons. The molecule has 0 unspecified atom stereocenters. The zero-order chi connectivity index (χ0) is 23.5. The third kappa shape index (κ3) is 4.50. The van der Waals surface area contributed by atoms with E-state index in [9.17, 15) is 9.59 Å². The van der Waals surface area contributed by atoms with Crippen LogP contribution >= 0.6 is 0 Å². The quantitative estimate of drug-likeness (QED) is 0.462. The van der Waals surface area contributed by atoms with E-state index in [-0.39, 0.29) is 18.0 Å². The Morgan fingerprint density at radius 2 is 1.68 bits per heavy atom. The number of fused-ring (bicyclic) bond motifs is 1. The van der Waals surface area contributed by atoms with E-state index in [0.29, 0.717) is 18.8 Å². The second kappa shape index (κ2) is 9.39. The van der Waals surface area contributed by atoms with Crippen molar-refractivity contribution in [3.8, 4) is 17.0 Å². The maximum absolute atomic E-state index is 13.0. The molecule has 1 aliphatic rings. The minimum atomic E-state index is -0.284. The molecule has 0 spiro atoms. The van der Waals surface area contributed by atoms with Crippen molar-refractivity contribution in [2.75, 3.05) is 38.2 Å². The zero-order valence-electron chi connectivity index (χ0n) is 19.1. The number of carbonyl (C=O) groups excluding carboxylic acids is 1. The number of amides is 1. The van der Waals surface area contributed by atoms with Gasteiger partial charge in [-0.1, -0.05) is 42.5 Å². The molecule has 1 amide bonds.